The average molecular weight is 251 g/mol. The lowest BCUT2D eigenvalue weighted by Crippen LogP contribution is -2.37. The fourth-order valence-electron chi connectivity index (χ4n) is 1.76. The molecule has 1 aliphatic rings. The van der Waals surface area contributed by atoms with Gasteiger partial charge in [-0.05, 0) is 12.0 Å². The third kappa shape index (κ3) is 2.76. The number of hydrogen-bond acceptors (Lipinski definition) is 5. The molecule has 0 saturated carbocycles. The lowest BCUT2D eigenvalue weighted by Gasteiger charge is -2.27. The van der Waals surface area contributed by atoms with Crippen molar-refractivity contribution in [3.63, 3.8) is 0 Å². The third-order valence-electron chi connectivity index (χ3n) is 2.84. The van der Waals surface area contributed by atoms with Gasteiger partial charge < -0.3 is 14.7 Å². The molecule has 18 heavy (non-hydrogen) atoms. The topological polar surface area (TPSA) is 75.5 Å². The first kappa shape index (κ1) is 12.8. The maximum Gasteiger partial charge on any atom is 0.354 e. The second kappa shape index (κ2) is 5.30. The smallest absolute Gasteiger partial charge is 0.354 e. The van der Waals surface area contributed by atoms with E-state index in [0.29, 0.717) is 32.3 Å². The summed E-state index contributed by atoms with van der Waals surface area (Å²) in [5.74, 6) is -0.360. The zero-order valence-electron chi connectivity index (χ0n) is 10.6. The summed E-state index contributed by atoms with van der Waals surface area (Å²) in [7, 11) is 0. The molecule has 2 heterocycles. The summed E-state index contributed by atoms with van der Waals surface area (Å²) in [6.45, 7) is 6.60. The predicted molar refractivity (Wildman–Crippen MR) is 66.1 cm³/mol. The number of rotatable bonds is 3. The van der Waals surface area contributed by atoms with Crippen molar-refractivity contribution in [3.8, 4) is 0 Å². The molecule has 0 amide bonds. The molecule has 6 nitrogen and oxygen atoms in total. The van der Waals surface area contributed by atoms with Crippen molar-refractivity contribution in [1.29, 1.82) is 0 Å². The minimum absolute atomic E-state index is 0.0511. The van der Waals surface area contributed by atoms with Gasteiger partial charge in [-0.15, -0.1) is 0 Å². The lowest BCUT2D eigenvalue weighted by atomic mass is 10.1. The Morgan fingerprint density at radius 3 is 2.61 bits per heavy atom. The number of morpholine rings is 1. The molecule has 0 aromatic carbocycles. The van der Waals surface area contributed by atoms with E-state index in [-0.39, 0.29) is 11.6 Å². The van der Waals surface area contributed by atoms with Gasteiger partial charge in [-0.25, -0.2) is 14.8 Å². The molecule has 1 saturated heterocycles. The number of aromatic carboxylic acids is 1. The molecule has 0 bridgehead atoms. The Morgan fingerprint density at radius 1 is 1.39 bits per heavy atom. The van der Waals surface area contributed by atoms with E-state index in [2.05, 4.69) is 9.97 Å². The van der Waals surface area contributed by atoms with Crippen LogP contribution in [0.15, 0.2) is 6.07 Å². The number of ether oxygens (including phenoxy) is 1. The Morgan fingerprint density at radius 2 is 2.06 bits per heavy atom. The standard InChI is InChI=1S/C12H17N3O3/c1-8(2)9-7-10(11(16)17)14-12(13-9)15-3-5-18-6-4-15/h7-8H,3-6H2,1-2H3,(H,16,17). The van der Waals surface area contributed by atoms with Crippen LogP contribution in [-0.4, -0.2) is 47.3 Å². The first-order chi connectivity index (χ1) is 8.58. The van der Waals surface area contributed by atoms with Gasteiger partial charge in [-0.1, -0.05) is 13.8 Å². The van der Waals surface area contributed by atoms with Gasteiger partial charge in [0.2, 0.25) is 5.95 Å². The van der Waals surface area contributed by atoms with E-state index >= 15 is 0 Å². The monoisotopic (exact) mass is 251 g/mol. The molecule has 0 radical (unpaired) electrons. The molecular weight excluding hydrogens is 234 g/mol. The van der Waals surface area contributed by atoms with Crippen LogP contribution < -0.4 is 4.90 Å². The summed E-state index contributed by atoms with van der Waals surface area (Å²) in [5.41, 5.74) is 0.805. The highest BCUT2D eigenvalue weighted by atomic mass is 16.5. The quantitative estimate of drug-likeness (QED) is 0.868. The Kier molecular flexibility index (Phi) is 3.76. The summed E-state index contributed by atoms with van der Waals surface area (Å²) >= 11 is 0. The van der Waals surface area contributed by atoms with Gasteiger partial charge in [-0.3, -0.25) is 0 Å². The first-order valence-corrected chi connectivity index (χ1v) is 6.03. The summed E-state index contributed by atoms with van der Waals surface area (Å²) in [6.07, 6.45) is 0. The Labute approximate surface area is 106 Å². The van der Waals surface area contributed by atoms with Crippen LogP contribution in [0.4, 0.5) is 5.95 Å². The second-order valence-electron chi connectivity index (χ2n) is 4.54. The summed E-state index contributed by atoms with van der Waals surface area (Å²) in [5, 5.41) is 9.08. The van der Waals surface area contributed by atoms with Gasteiger partial charge >= 0.3 is 5.97 Å². The van der Waals surface area contributed by atoms with Crippen LogP contribution in [0, 0.1) is 0 Å². The normalized spacial score (nSPS) is 16.1. The van der Waals surface area contributed by atoms with Crippen LogP contribution in [0.2, 0.25) is 0 Å². The van der Waals surface area contributed by atoms with Gasteiger partial charge in [0.25, 0.3) is 0 Å². The molecular formula is C12H17N3O3. The van der Waals surface area contributed by atoms with E-state index in [4.69, 9.17) is 9.84 Å². The summed E-state index contributed by atoms with van der Waals surface area (Å²) < 4.78 is 5.26. The Bertz CT molecular complexity index is 442. The molecule has 1 N–H and O–H groups in total. The number of aromatic nitrogens is 2. The molecule has 0 unspecified atom stereocenters. The van der Waals surface area contributed by atoms with Crippen molar-refractivity contribution >= 4 is 11.9 Å². The van der Waals surface area contributed by atoms with Crippen molar-refractivity contribution in [1.82, 2.24) is 9.97 Å². The number of carboxylic acid groups (broad SMARTS) is 1. The third-order valence-corrected chi connectivity index (χ3v) is 2.84. The molecule has 1 fully saturated rings. The minimum atomic E-state index is -1.02. The Balaban J connectivity index is 2.35. The number of nitrogens with zero attached hydrogens (tertiary/aromatic N) is 3. The first-order valence-electron chi connectivity index (χ1n) is 6.03. The maximum absolute atomic E-state index is 11.1. The van der Waals surface area contributed by atoms with E-state index < -0.39 is 5.97 Å². The predicted octanol–water partition coefficient (Wildman–Crippen LogP) is 1.13. The second-order valence-corrected chi connectivity index (χ2v) is 4.54. The highest BCUT2D eigenvalue weighted by Crippen LogP contribution is 2.18. The lowest BCUT2D eigenvalue weighted by molar-refractivity contribution is 0.0690. The van der Waals surface area contributed by atoms with Crippen molar-refractivity contribution < 1.29 is 14.6 Å². The van der Waals surface area contributed by atoms with Crippen LogP contribution in [0.25, 0.3) is 0 Å². The molecule has 1 aliphatic heterocycles. The fourth-order valence-corrected chi connectivity index (χ4v) is 1.76. The molecule has 0 spiro atoms. The van der Waals surface area contributed by atoms with E-state index in [0.717, 1.165) is 5.69 Å². The molecule has 98 valence electrons. The van der Waals surface area contributed by atoms with E-state index in [1.807, 2.05) is 18.7 Å². The SMILES string of the molecule is CC(C)c1cc(C(=O)O)nc(N2CCOCC2)n1. The van der Waals surface area contributed by atoms with Crippen molar-refractivity contribution in [2.75, 3.05) is 31.2 Å². The minimum Gasteiger partial charge on any atom is -0.477 e. The van der Waals surface area contributed by atoms with Crippen LogP contribution in [0.5, 0.6) is 0 Å². The zero-order chi connectivity index (χ0) is 13.1. The van der Waals surface area contributed by atoms with Gasteiger partial charge in [-0.2, -0.15) is 0 Å². The van der Waals surface area contributed by atoms with E-state index in [1.54, 1.807) is 0 Å². The summed E-state index contributed by atoms with van der Waals surface area (Å²) in [6, 6.07) is 1.54. The number of anilines is 1. The molecule has 0 atom stereocenters. The van der Waals surface area contributed by atoms with Crippen molar-refractivity contribution in [2.45, 2.75) is 19.8 Å². The van der Waals surface area contributed by atoms with Crippen molar-refractivity contribution in [2.24, 2.45) is 0 Å². The number of carboxylic acids is 1. The van der Waals surface area contributed by atoms with E-state index in [9.17, 15) is 4.79 Å². The Hall–Kier alpha value is -1.69. The molecule has 6 heteroatoms. The number of hydrogen-bond donors (Lipinski definition) is 1. The number of carbonyl (C=O) groups is 1. The van der Waals surface area contributed by atoms with E-state index in [1.165, 1.54) is 6.07 Å². The summed E-state index contributed by atoms with van der Waals surface area (Å²) in [4.78, 5) is 21.6. The molecule has 0 aliphatic carbocycles. The molecule has 2 rings (SSSR count). The van der Waals surface area contributed by atoms with Gasteiger partial charge in [0.1, 0.15) is 0 Å². The van der Waals surface area contributed by atoms with Gasteiger partial charge in [0, 0.05) is 18.8 Å². The highest BCUT2D eigenvalue weighted by molar-refractivity contribution is 5.85. The molecule has 1 aromatic heterocycles. The fraction of sp³-hybridized carbons (Fsp3) is 0.583. The molecule has 1 aromatic rings. The highest BCUT2D eigenvalue weighted by Gasteiger charge is 2.18. The zero-order valence-corrected chi connectivity index (χ0v) is 10.6. The van der Waals surface area contributed by atoms with Gasteiger partial charge in [0.15, 0.2) is 5.69 Å². The van der Waals surface area contributed by atoms with Crippen molar-refractivity contribution in [3.05, 3.63) is 17.5 Å². The van der Waals surface area contributed by atoms with Crippen LogP contribution in [-0.2, 0) is 4.74 Å². The van der Waals surface area contributed by atoms with Crippen LogP contribution in [0.3, 0.4) is 0 Å². The van der Waals surface area contributed by atoms with Gasteiger partial charge in [0.05, 0.1) is 13.2 Å². The average Bonchev–Trinajstić information content (AvgIpc) is 2.39. The largest absolute Gasteiger partial charge is 0.477 e. The van der Waals surface area contributed by atoms with Crippen LogP contribution >= 0.6 is 0 Å². The van der Waals surface area contributed by atoms with Crippen LogP contribution in [0.1, 0.15) is 35.9 Å². The maximum atomic E-state index is 11.1.